The Kier molecular flexibility index (Phi) is 5.44. The van der Waals surface area contributed by atoms with E-state index in [-0.39, 0.29) is 36.8 Å². The van der Waals surface area contributed by atoms with Crippen molar-refractivity contribution in [2.24, 2.45) is 11.8 Å². The van der Waals surface area contributed by atoms with E-state index >= 15 is 0 Å². The quantitative estimate of drug-likeness (QED) is 0.557. The van der Waals surface area contributed by atoms with Gasteiger partial charge < -0.3 is 28.4 Å². The van der Waals surface area contributed by atoms with Crippen LogP contribution in [0.3, 0.4) is 0 Å². The summed E-state index contributed by atoms with van der Waals surface area (Å²) in [5.41, 5.74) is 1.49. The Balaban J connectivity index is 1.59. The summed E-state index contributed by atoms with van der Waals surface area (Å²) in [6, 6.07) is 10.7. The maximum Gasteiger partial charge on any atom is 0.338 e. The number of hydrogen-bond donors (Lipinski definition) is 0. The molecule has 6 rings (SSSR count). The number of hydrogen-bond acceptors (Lipinski definition) is 8. The summed E-state index contributed by atoms with van der Waals surface area (Å²) in [5.74, 6) is 1.19. The summed E-state index contributed by atoms with van der Waals surface area (Å²) in [5, 5.41) is 0. The first-order valence-electron chi connectivity index (χ1n) is 12.3. The van der Waals surface area contributed by atoms with E-state index in [9.17, 15) is 9.59 Å². The van der Waals surface area contributed by atoms with E-state index in [1.807, 2.05) is 18.2 Å². The Morgan fingerprint density at radius 1 is 1.03 bits per heavy atom. The molecule has 0 aromatic heterocycles. The second-order valence-corrected chi connectivity index (χ2v) is 9.93. The minimum absolute atomic E-state index is 0.0374. The second kappa shape index (κ2) is 8.57. The zero-order valence-electron chi connectivity index (χ0n) is 21.2. The van der Waals surface area contributed by atoms with Gasteiger partial charge in [-0.3, -0.25) is 4.79 Å². The summed E-state index contributed by atoms with van der Waals surface area (Å²) in [7, 11) is 2.98. The van der Waals surface area contributed by atoms with Gasteiger partial charge in [0.15, 0.2) is 17.3 Å². The van der Waals surface area contributed by atoms with Crippen LogP contribution in [0.4, 0.5) is 0 Å². The number of rotatable bonds is 4. The first-order valence-corrected chi connectivity index (χ1v) is 12.3. The number of Topliss-reactive ketones (excluding diaryl/α,β-unsaturated/α-hetero) is 1. The van der Waals surface area contributed by atoms with Gasteiger partial charge in [0, 0.05) is 17.0 Å². The highest BCUT2D eigenvalue weighted by Gasteiger charge is 2.59. The predicted octanol–water partition coefficient (Wildman–Crippen LogP) is 4.63. The molecular formula is C29H28O8. The second-order valence-electron chi connectivity index (χ2n) is 9.93. The number of ketones is 1. The van der Waals surface area contributed by atoms with E-state index in [2.05, 4.69) is 13.8 Å². The molecule has 4 atom stereocenters. The van der Waals surface area contributed by atoms with Gasteiger partial charge in [-0.15, -0.1) is 0 Å². The highest BCUT2D eigenvalue weighted by Crippen LogP contribution is 2.61. The molecule has 4 aliphatic rings. The van der Waals surface area contributed by atoms with E-state index in [0.29, 0.717) is 46.1 Å². The maximum atomic E-state index is 14.2. The van der Waals surface area contributed by atoms with Crippen LogP contribution in [0, 0.1) is 11.8 Å². The third kappa shape index (κ3) is 3.27. The van der Waals surface area contributed by atoms with Crippen LogP contribution in [-0.2, 0) is 24.4 Å². The summed E-state index contributed by atoms with van der Waals surface area (Å²) >= 11 is 0. The fourth-order valence-electron chi connectivity index (χ4n) is 5.94. The molecule has 2 aliphatic heterocycles. The third-order valence-corrected chi connectivity index (χ3v) is 8.07. The number of fused-ring (bicyclic) bond motifs is 2. The van der Waals surface area contributed by atoms with Crippen LogP contribution in [0.25, 0.3) is 0 Å². The summed E-state index contributed by atoms with van der Waals surface area (Å²) in [6.07, 6.45) is 1.82. The third-order valence-electron chi connectivity index (χ3n) is 8.07. The zero-order valence-corrected chi connectivity index (χ0v) is 21.2. The van der Waals surface area contributed by atoms with Crippen molar-refractivity contribution in [2.75, 3.05) is 27.6 Å². The molecule has 0 fully saturated rings. The van der Waals surface area contributed by atoms with Gasteiger partial charge in [0.1, 0.15) is 18.1 Å². The number of methoxy groups -OCH3 is 2. The van der Waals surface area contributed by atoms with Crippen LogP contribution in [-0.4, -0.2) is 39.4 Å². The van der Waals surface area contributed by atoms with Crippen LogP contribution in [0.15, 0.2) is 59.6 Å². The fraction of sp³-hybridized carbons (Fsp3) is 0.379. The molecule has 2 heterocycles. The normalized spacial score (nSPS) is 27.3. The molecule has 8 heteroatoms. The van der Waals surface area contributed by atoms with E-state index in [1.54, 1.807) is 24.3 Å². The number of ether oxygens (including phenoxy) is 6. The highest BCUT2D eigenvalue weighted by atomic mass is 16.7. The van der Waals surface area contributed by atoms with Crippen LogP contribution < -0.4 is 14.2 Å². The van der Waals surface area contributed by atoms with Crippen molar-refractivity contribution >= 4 is 11.8 Å². The van der Waals surface area contributed by atoms with Gasteiger partial charge in [-0.25, -0.2) is 4.79 Å². The average molecular weight is 505 g/mol. The average Bonchev–Trinajstić information content (AvgIpc) is 3.54. The summed E-state index contributed by atoms with van der Waals surface area (Å²) < 4.78 is 35.1. The van der Waals surface area contributed by atoms with Gasteiger partial charge in [-0.2, -0.15) is 0 Å². The lowest BCUT2D eigenvalue weighted by molar-refractivity contribution is -0.124. The molecule has 0 saturated carbocycles. The van der Waals surface area contributed by atoms with Crippen molar-refractivity contribution in [3.63, 3.8) is 0 Å². The van der Waals surface area contributed by atoms with Gasteiger partial charge in [0.2, 0.25) is 24.1 Å². The van der Waals surface area contributed by atoms with E-state index in [1.165, 1.54) is 14.2 Å². The Bertz CT molecular complexity index is 1360. The van der Waals surface area contributed by atoms with Gasteiger partial charge >= 0.3 is 5.97 Å². The molecule has 0 bridgehead atoms. The lowest BCUT2D eigenvalue weighted by Gasteiger charge is -2.41. The number of carbonyl (C=O) groups is 2. The smallest absolute Gasteiger partial charge is 0.338 e. The number of esters is 1. The zero-order chi connectivity index (χ0) is 25.9. The fourth-order valence-corrected chi connectivity index (χ4v) is 5.94. The Morgan fingerprint density at radius 2 is 1.81 bits per heavy atom. The highest BCUT2D eigenvalue weighted by molar-refractivity contribution is 6.08. The molecule has 192 valence electrons. The largest absolute Gasteiger partial charge is 0.493 e. The van der Waals surface area contributed by atoms with Crippen LogP contribution in [0.5, 0.6) is 17.2 Å². The molecule has 2 aromatic rings. The first-order chi connectivity index (χ1) is 17.9. The SMILES string of the molecule is COC1=C(OC)C(=O)[C@]23COc4c5c(cc(c42)[C@H](OC(=O)c2ccccc2)[C@H](C)[C@H](C)CC3=C1)OCO5. The van der Waals surface area contributed by atoms with Crippen LogP contribution in [0.1, 0.15) is 47.9 Å². The first kappa shape index (κ1) is 23.5. The molecule has 2 aliphatic carbocycles. The number of benzene rings is 2. The Morgan fingerprint density at radius 3 is 2.54 bits per heavy atom. The molecule has 0 saturated heterocycles. The monoisotopic (exact) mass is 504 g/mol. The van der Waals surface area contributed by atoms with Crippen molar-refractivity contribution in [1.82, 2.24) is 0 Å². The minimum atomic E-state index is -1.16. The lowest BCUT2D eigenvalue weighted by Crippen LogP contribution is -2.46. The lowest BCUT2D eigenvalue weighted by atomic mass is 9.62. The van der Waals surface area contributed by atoms with Gasteiger partial charge in [0.25, 0.3) is 0 Å². The minimum Gasteiger partial charge on any atom is -0.493 e. The number of allylic oxidation sites excluding steroid dienone is 2. The van der Waals surface area contributed by atoms with Crippen molar-refractivity contribution < 1.29 is 38.0 Å². The van der Waals surface area contributed by atoms with Gasteiger partial charge in [-0.05, 0) is 42.2 Å². The predicted molar refractivity (Wildman–Crippen MR) is 131 cm³/mol. The standard InChI is InChI=1S/C29H28O8/c1-15-10-18-11-20(32-3)25(33-4)27(30)29(18)13-34-26-22(29)19(12-21-24(26)36-14-35-21)23(16(15)2)37-28(31)17-8-6-5-7-9-17/h5-9,11-12,15-16,23H,10,13-14H2,1-4H3/t15-,16-,23-,29+/m1/s1. The Hall–Kier alpha value is -3.94. The van der Waals surface area contributed by atoms with Gasteiger partial charge in [0.05, 0.1) is 19.8 Å². The van der Waals surface area contributed by atoms with Crippen molar-refractivity contribution in [3.8, 4) is 17.2 Å². The molecule has 0 unspecified atom stereocenters. The van der Waals surface area contributed by atoms with E-state index in [0.717, 1.165) is 5.57 Å². The number of carbonyl (C=O) groups excluding carboxylic acids is 2. The molecule has 8 nitrogen and oxygen atoms in total. The van der Waals surface area contributed by atoms with Gasteiger partial charge in [-0.1, -0.05) is 32.0 Å². The topological polar surface area (TPSA) is 89.5 Å². The van der Waals surface area contributed by atoms with Crippen LogP contribution in [0.2, 0.25) is 0 Å². The molecule has 0 amide bonds. The molecule has 37 heavy (non-hydrogen) atoms. The van der Waals surface area contributed by atoms with Crippen molar-refractivity contribution in [3.05, 3.63) is 76.3 Å². The van der Waals surface area contributed by atoms with E-state index in [4.69, 9.17) is 28.4 Å². The molecular weight excluding hydrogens is 476 g/mol. The van der Waals surface area contributed by atoms with Crippen LogP contribution >= 0.6 is 0 Å². The summed E-state index contributed by atoms with van der Waals surface area (Å²) in [6.45, 7) is 4.27. The summed E-state index contributed by atoms with van der Waals surface area (Å²) in [4.78, 5) is 27.5. The molecule has 2 aromatic carbocycles. The maximum absolute atomic E-state index is 14.2. The Labute approximate surface area is 214 Å². The van der Waals surface area contributed by atoms with Crippen molar-refractivity contribution in [2.45, 2.75) is 31.8 Å². The van der Waals surface area contributed by atoms with E-state index < -0.39 is 17.5 Å². The molecule has 0 radical (unpaired) electrons. The molecule has 0 N–H and O–H groups in total. The molecule has 1 spiro atoms. The van der Waals surface area contributed by atoms with Crippen molar-refractivity contribution in [1.29, 1.82) is 0 Å².